The average Bonchev–Trinajstić information content (AvgIpc) is 2.27. The molecule has 1 fully saturated rings. The van der Waals surface area contributed by atoms with Crippen LogP contribution in [0.25, 0.3) is 0 Å². The van der Waals surface area contributed by atoms with Gasteiger partial charge in [-0.15, -0.1) is 0 Å². The van der Waals surface area contributed by atoms with E-state index in [0.29, 0.717) is 5.41 Å². The topological polar surface area (TPSA) is 15.3 Å². The molecule has 2 heteroatoms. The normalized spacial score (nSPS) is 22.9. The molecule has 0 aliphatic carbocycles. The van der Waals surface area contributed by atoms with Crippen molar-refractivity contribution in [1.29, 1.82) is 0 Å². The summed E-state index contributed by atoms with van der Waals surface area (Å²) in [6, 6.07) is 0. The standard InChI is InChI=1S/C15H32N2/c1-5-9-16-12-14-7-6-10-17(13-14)11-8-15(2,3)4/h14,16H,5-13H2,1-4H3. The van der Waals surface area contributed by atoms with E-state index in [2.05, 4.69) is 37.9 Å². The van der Waals surface area contributed by atoms with Crippen LogP contribution in [0.5, 0.6) is 0 Å². The number of piperidine rings is 1. The molecule has 1 aliphatic heterocycles. The molecule has 0 aromatic heterocycles. The molecule has 1 saturated heterocycles. The summed E-state index contributed by atoms with van der Waals surface area (Å²) >= 11 is 0. The van der Waals surface area contributed by atoms with Crippen LogP contribution < -0.4 is 5.32 Å². The van der Waals surface area contributed by atoms with Gasteiger partial charge in [-0.25, -0.2) is 0 Å². The molecule has 1 unspecified atom stereocenters. The monoisotopic (exact) mass is 240 g/mol. The first-order valence-corrected chi connectivity index (χ1v) is 7.44. The van der Waals surface area contributed by atoms with Gasteiger partial charge < -0.3 is 10.2 Å². The fourth-order valence-corrected chi connectivity index (χ4v) is 2.50. The number of likely N-dealkylation sites (tertiary alicyclic amines) is 1. The fourth-order valence-electron chi connectivity index (χ4n) is 2.50. The molecule has 0 spiro atoms. The Hall–Kier alpha value is -0.0800. The Labute approximate surface area is 108 Å². The lowest BCUT2D eigenvalue weighted by molar-refractivity contribution is 0.153. The van der Waals surface area contributed by atoms with E-state index in [1.54, 1.807) is 0 Å². The van der Waals surface area contributed by atoms with Gasteiger partial charge in [-0.05, 0) is 63.2 Å². The van der Waals surface area contributed by atoms with E-state index in [9.17, 15) is 0 Å². The van der Waals surface area contributed by atoms with Crippen LogP contribution >= 0.6 is 0 Å². The second kappa shape index (κ2) is 7.38. The number of nitrogens with one attached hydrogen (secondary N) is 1. The number of rotatable bonds is 6. The molecular formula is C15H32N2. The Balaban J connectivity index is 2.19. The van der Waals surface area contributed by atoms with Crippen molar-refractivity contribution < 1.29 is 0 Å². The molecule has 0 amide bonds. The van der Waals surface area contributed by atoms with Gasteiger partial charge in [0.2, 0.25) is 0 Å². The van der Waals surface area contributed by atoms with Crippen LogP contribution in [0.4, 0.5) is 0 Å². The molecular weight excluding hydrogens is 208 g/mol. The summed E-state index contributed by atoms with van der Waals surface area (Å²) in [5, 5.41) is 3.57. The fraction of sp³-hybridized carbons (Fsp3) is 1.00. The van der Waals surface area contributed by atoms with E-state index < -0.39 is 0 Å². The summed E-state index contributed by atoms with van der Waals surface area (Å²) in [7, 11) is 0. The molecule has 1 heterocycles. The van der Waals surface area contributed by atoms with Gasteiger partial charge in [0.25, 0.3) is 0 Å². The van der Waals surface area contributed by atoms with Gasteiger partial charge >= 0.3 is 0 Å². The van der Waals surface area contributed by atoms with Crippen LogP contribution in [0.1, 0.15) is 53.4 Å². The Bertz CT molecular complexity index is 196. The van der Waals surface area contributed by atoms with E-state index in [4.69, 9.17) is 0 Å². The summed E-state index contributed by atoms with van der Waals surface area (Å²) in [5.41, 5.74) is 0.480. The van der Waals surface area contributed by atoms with Gasteiger partial charge in [-0.2, -0.15) is 0 Å². The van der Waals surface area contributed by atoms with Crippen LogP contribution in [0.15, 0.2) is 0 Å². The highest BCUT2D eigenvalue weighted by Gasteiger charge is 2.20. The number of hydrogen-bond donors (Lipinski definition) is 1. The maximum Gasteiger partial charge on any atom is 0.00218 e. The maximum atomic E-state index is 3.57. The number of nitrogens with zero attached hydrogens (tertiary/aromatic N) is 1. The van der Waals surface area contributed by atoms with E-state index in [0.717, 1.165) is 5.92 Å². The van der Waals surface area contributed by atoms with Crippen molar-refractivity contribution >= 4 is 0 Å². The summed E-state index contributed by atoms with van der Waals surface area (Å²) in [6.45, 7) is 15.6. The quantitative estimate of drug-likeness (QED) is 0.718. The zero-order valence-corrected chi connectivity index (χ0v) is 12.4. The second-order valence-electron chi connectivity index (χ2n) is 6.82. The van der Waals surface area contributed by atoms with E-state index >= 15 is 0 Å². The third-order valence-corrected chi connectivity index (χ3v) is 3.64. The van der Waals surface area contributed by atoms with Gasteiger partial charge in [-0.1, -0.05) is 27.7 Å². The largest absolute Gasteiger partial charge is 0.316 e. The van der Waals surface area contributed by atoms with E-state index in [1.807, 2.05) is 0 Å². The number of hydrogen-bond acceptors (Lipinski definition) is 2. The van der Waals surface area contributed by atoms with E-state index in [-0.39, 0.29) is 0 Å². The molecule has 2 nitrogen and oxygen atoms in total. The molecule has 1 aliphatic rings. The molecule has 0 bridgehead atoms. The van der Waals surface area contributed by atoms with Crippen molar-refractivity contribution in [3.8, 4) is 0 Å². The molecule has 17 heavy (non-hydrogen) atoms. The Kier molecular flexibility index (Phi) is 6.50. The van der Waals surface area contributed by atoms with Crippen molar-refractivity contribution in [2.24, 2.45) is 11.3 Å². The summed E-state index contributed by atoms with van der Waals surface area (Å²) < 4.78 is 0. The second-order valence-corrected chi connectivity index (χ2v) is 6.82. The van der Waals surface area contributed by atoms with Crippen molar-refractivity contribution in [2.75, 3.05) is 32.7 Å². The lowest BCUT2D eigenvalue weighted by atomic mass is 9.91. The third kappa shape index (κ3) is 7.05. The minimum atomic E-state index is 0.480. The van der Waals surface area contributed by atoms with Gasteiger partial charge in [0.1, 0.15) is 0 Å². The highest BCUT2D eigenvalue weighted by Crippen LogP contribution is 2.21. The average molecular weight is 240 g/mol. The molecule has 0 radical (unpaired) electrons. The smallest absolute Gasteiger partial charge is 0.00218 e. The maximum absolute atomic E-state index is 3.57. The Morgan fingerprint density at radius 2 is 2.06 bits per heavy atom. The lowest BCUT2D eigenvalue weighted by Gasteiger charge is -2.34. The van der Waals surface area contributed by atoms with Crippen LogP contribution in [-0.4, -0.2) is 37.6 Å². The van der Waals surface area contributed by atoms with E-state index in [1.165, 1.54) is 58.4 Å². The predicted molar refractivity (Wildman–Crippen MR) is 76.4 cm³/mol. The van der Waals surface area contributed by atoms with Crippen molar-refractivity contribution in [3.63, 3.8) is 0 Å². The van der Waals surface area contributed by atoms with Crippen LogP contribution in [-0.2, 0) is 0 Å². The molecule has 1 rings (SSSR count). The highest BCUT2D eigenvalue weighted by molar-refractivity contribution is 4.76. The molecule has 1 N–H and O–H groups in total. The summed E-state index contributed by atoms with van der Waals surface area (Å²) in [6.07, 6.45) is 5.38. The van der Waals surface area contributed by atoms with Crippen molar-refractivity contribution in [3.05, 3.63) is 0 Å². The molecule has 0 aromatic rings. The highest BCUT2D eigenvalue weighted by atomic mass is 15.1. The minimum Gasteiger partial charge on any atom is -0.316 e. The molecule has 0 aromatic carbocycles. The van der Waals surface area contributed by atoms with Crippen molar-refractivity contribution in [2.45, 2.75) is 53.4 Å². The first kappa shape index (κ1) is 15.0. The minimum absolute atomic E-state index is 0.480. The van der Waals surface area contributed by atoms with Crippen LogP contribution in [0.2, 0.25) is 0 Å². The zero-order chi connectivity index (χ0) is 12.7. The first-order valence-electron chi connectivity index (χ1n) is 7.44. The lowest BCUT2D eigenvalue weighted by Crippen LogP contribution is -2.40. The van der Waals surface area contributed by atoms with Crippen LogP contribution in [0.3, 0.4) is 0 Å². The first-order chi connectivity index (χ1) is 8.01. The van der Waals surface area contributed by atoms with Crippen molar-refractivity contribution in [1.82, 2.24) is 10.2 Å². The van der Waals surface area contributed by atoms with Crippen LogP contribution in [0, 0.1) is 11.3 Å². The third-order valence-electron chi connectivity index (χ3n) is 3.64. The van der Waals surface area contributed by atoms with Gasteiger partial charge in [0.05, 0.1) is 0 Å². The Morgan fingerprint density at radius 3 is 2.71 bits per heavy atom. The molecule has 0 saturated carbocycles. The summed E-state index contributed by atoms with van der Waals surface area (Å²) in [5.74, 6) is 0.885. The Morgan fingerprint density at radius 1 is 1.29 bits per heavy atom. The van der Waals surface area contributed by atoms with Gasteiger partial charge in [-0.3, -0.25) is 0 Å². The van der Waals surface area contributed by atoms with Gasteiger partial charge in [0.15, 0.2) is 0 Å². The molecule has 1 atom stereocenters. The molecule has 102 valence electrons. The SMILES string of the molecule is CCCNCC1CCCN(CCC(C)(C)C)C1. The zero-order valence-electron chi connectivity index (χ0n) is 12.4. The summed E-state index contributed by atoms with van der Waals surface area (Å²) in [4.78, 5) is 2.67. The predicted octanol–water partition coefficient (Wildman–Crippen LogP) is 3.13. The van der Waals surface area contributed by atoms with Gasteiger partial charge in [0, 0.05) is 6.54 Å².